The number of hydrogen-bond donors (Lipinski definition) is 1. The van der Waals surface area contributed by atoms with Crippen LogP contribution in [0.5, 0.6) is 0 Å². The van der Waals surface area contributed by atoms with Crippen LogP contribution in [0.2, 0.25) is 0 Å². The summed E-state index contributed by atoms with van der Waals surface area (Å²) in [6.45, 7) is 6.87. The predicted molar refractivity (Wildman–Crippen MR) is 80.2 cm³/mol. The quantitative estimate of drug-likeness (QED) is 0.933. The number of ether oxygens (including phenoxy) is 2. The van der Waals surface area contributed by atoms with Crippen LogP contribution in [0, 0.1) is 6.92 Å². The molecule has 3 rings (SSSR count). The number of aromatic nitrogens is 3. The molecule has 22 heavy (non-hydrogen) atoms. The second kappa shape index (κ2) is 5.79. The zero-order chi connectivity index (χ0) is 15.7. The number of rotatable bonds is 4. The van der Waals surface area contributed by atoms with Gasteiger partial charge in [0.2, 0.25) is 0 Å². The minimum Gasteiger partial charge on any atom is -0.382 e. The molecule has 1 N–H and O–H groups in total. The van der Waals surface area contributed by atoms with E-state index < -0.39 is 11.9 Å². The highest BCUT2D eigenvalue weighted by molar-refractivity contribution is 5.27. The van der Waals surface area contributed by atoms with Gasteiger partial charge in [0.25, 0.3) is 0 Å². The fraction of sp³-hybridized carbons (Fsp3) is 0.500. The molecule has 0 amide bonds. The minimum atomic E-state index is -0.772. The molecule has 2 aromatic rings. The van der Waals surface area contributed by atoms with E-state index in [1.807, 2.05) is 45.0 Å². The monoisotopic (exact) mass is 303 g/mol. The van der Waals surface area contributed by atoms with Crippen molar-refractivity contribution in [2.24, 2.45) is 0 Å². The fourth-order valence-electron chi connectivity index (χ4n) is 2.51. The maximum atomic E-state index is 10.4. The van der Waals surface area contributed by atoms with Crippen LogP contribution in [0.3, 0.4) is 0 Å². The van der Waals surface area contributed by atoms with Crippen molar-refractivity contribution in [2.75, 3.05) is 6.61 Å². The summed E-state index contributed by atoms with van der Waals surface area (Å²) in [5, 5.41) is 18.5. The standard InChI is InChI=1S/C16H21N3O3/c1-11-4-6-12(7-5-11)15(20)14-9-19(18-17-14)8-13-10-21-16(2,3)22-13/h4-7,9,13,15,20H,8,10H2,1-3H3/t13-,15?/m0/s1. The molecule has 0 saturated carbocycles. The number of aryl methyl sites for hydroxylation is 1. The molecule has 2 atom stereocenters. The third kappa shape index (κ3) is 3.35. The number of aliphatic hydroxyl groups excluding tert-OH is 1. The van der Waals surface area contributed by atoms with Crippen LogP contribution >= 0.6 is 0 Å². The summed E-state index contributed by atoms with van der Waals surface area (Å²) < 4.78 is 13.0. The molecule has 0 radical (unpaired) electrons. The number of hydrogen-bond acceptors (Lipinski definition) is 5. The lowest BCUT2D eigenvalue weighted by Crippen LogP contribution is -2.24. The zero-order valence-electron chi connectivity index (χ0n) is 13.1. The fourth-order valence-corrected chi connectivity index (χ4v) is 2.51. The highest BCUT2D eigenvalue weighted by Gasteiger charge is 2.33. The maximum Gasteiger partial charge on any atom is 0.163 e. The number of nitrogens with zero attached hydrogens (tertiary/aromatic N) is 3. The van der Waals surface area contributed by atoms with E-state index in [9.17, 15) is 5.11 Å². The summed E-state index contributed by atoms with van der Waals surface area (Å²) in [5.41, 5.74) is 2.49. The van der Waals surface area contributed by atoms with E-state index in [0.29, 0.717) is 18.8 Å². The van der Waals surface area contributed by atoms with E-state index in [1.165, 1.54) is 0 Å². The Kier molecular flexibility index (Phi) is 3.99. The molecule has 0 aliphatic carbocycles. The van der Waals surface area contributed by atoms with Gasteiger partial charge in [-0.15, -0.1) is 5.10 Å². The first-order chi connectivity index (χ1) is 10.4. The van der Waals surface area contributed by atoms with Crippen molar-refractivity contribution in [1.82, 2.24) is 15.0 Å². The summed E-state index contributed by atoms with van der Waals surface area (Å²) in [4.78, 5) is 0. The summed E-state index contributed by atoms with van der Waals surface area (Å²) in [6.07, 6.45) is 0.923. The van der Waals surface area contributed by atoms with Crippen molar-refractivity contribution < 1.29 is 14.6 Å². The van der Waals surface area contributed by atoms with Gasteiger partial charge in [0.15, 0.2) is 5.79 Å². The van der Waals surface area contributed by atoms with Gasteiger partial charge in [0.05, 0.1) is 19.3 Å². The lowest BCUT2D eigenvalue weighted by Gasteiger charge is -2.16. The van der Waals surface area contributed by atoms with E-state index in [1.54, 1.807) is 10.9 Å². The van der Waals surface area contributed by atoms with Gasteiger partial charge >= 0.3 is 0 Å². The molecule has 1 aliphatic rings. The Morgan fingerprint density at radius 3 is 2.73 bits per heavy atom. The zero-order valence-corrected chi connectivity index (χ0v) is 13.1. The van der Waals surface area contributed by atoms with Crippen molar-refractivity contribution in [3.05, 3.63) is 47.3 Å². The van der Waals surface area contributed by atoms with Crippen molar-refractivity contribution >= 4 is 0 Å². The first kappa shape index (κ1) is 15.1. The van der Waals surface area contributed by atoms with Crippen LogP contribution in [0.4, 0.5) is 0 Å². The summed E-state index contributed by atoms with van der Waals surface area (Å²) in [7, 11) is 0. The second-order valence-electron chi connectivity index (χ2n) is 6.13. The third-order valence-corrected chi connectivity index (χ3v) is 3.69. The van der Waals surface area contributed by atoms with Gasteiger partial charge in [-0.05, 0) is 26.3 Å². The van der Waals surface area contributed by atoms with Gasteiger partial charge < -0.3 is 14.6 Å². The lowest BCUT2D eigenvalue weighted by atomic mass is 10.1. The van der Waals surface area contributed by atoms with Crippen LogP contribution in [0.15, 0.2) is 30.5 Å². The van der Waals surface area contributed by atoms with E-state index in [0.717, 1.165) is 11.1 Å². The average Bonchev–Trinajstić information content (AvgIpc) is 3.06. The van der Waals surface area contributed by atoms with Crippen molar-refractivity contribution in [3.8, 4) is 0 Å². The largest absolute Gasteiger partial charge is 0.382 e. The first-order valence-corrected chi connectivity index (χ1v) is 7.39. The van der Waals surface area contributed by atoms with Crippen LogP contribution in [-0.4, -0.2) is 38.6 Å². The molecular formula is C16H21N3O3. The van der Waals surface area contributed by atoms with Gasteiger partial charge in [-0.3, -0.25) is 0 Å². The third-order valence-electron chi connectivity index (χ3n) is 3.69. The van der Waals surface area contributed by atoms with Gasteiger partial charge in [-0.2, -0.15) is 0 Å². The molecule has 6 nitrogen and oxygen atoms in total. The Hall–Kier alpha value is -1.76. The predicted octanol–water partition coefficient (Wildman–Crippen LogP) is 1.82. The molecule has 1 aliphatic heterocycles. The molecule has 0 bridgehead atoms. The second-order valence-corrected chi connectivity index (χ2v) is 6.13. The van der Waals surface area contributed by atoms with Crippen LogP contribution in [0.25, 0.3) is 0 Å². The van der Waals surface area contributed by atoms with Crippen molar-refractivity contribution in [3.63, 3.8) is 0 Å². The highest BCUT2D eigenvalue weighted by Crippen LogP contribution is 2.24. The topological polar surface area (TPSA) is 69.4 Å². The minimum absolute atomic E-state index is 0.0546. The smallest absolute Gasteiger partial charge is 0.163 e. The molecule has 1 aromatic heterocycles. The number of aliphatic hydroxyl groups is 1. The van der Waals surface area contributed by atoms with E-state index >= 15 is 0 Å². The SMILES string of the molecule is Cc1ccc(C(O)c2cn(C[C@H]3COC(C)(C)O3)nn2)cc1. The molecule has 2 heterocycles. The molecule has 118 valence electrons. The molecule has 1 aromatic carbocycles. The Morgan fingerprint density at radius 1 is 1.36 bits per heavy atom. The van der Waals surface area contributed by atoms with Crippen LogP contribution in [0.1, 0.15) is 36.8 Å². The summed E-state index contributed by atoms with van der Waals surface area (Å²) >= 11 is 0. The summed E-state index contributed by atoms with van der Waals surface area (Å²) in [5.74, 6) is -0.546. The normalized spacial score (nSPS) is 21.9. The Morgan fingerprint density at radius 2 is 2.09 bits per heavy atom. The molecule has 0 spiro atoms. The Balaban J connectivity index is 1.67. The van der Waals surface area contributed by atoms with Crippen molar-refractivity contribution in [1.29, 1.82) is 0 Å². The van der Waals surface area contributed by atoms with E-state index in [2.05, 4.69) is 10.3 Å². The van der Waals surface area contributed by atoms with E-state index in [-0.39, 0.29) is 6.10 Å². The Bertz CT molecular complexity index is 636. The average molecular weight is 303 g/mol. The van der Waals surface area contributed by atoms with Gasteiger partial charge in [0, 0.05) is 0 Å². The molecule has 1 fully saturated rings. The molecule has 1 unspecified atom stereocenters. The highest BCUT2D eigenvalue weighted by atomic mass is 16.7. The van der Waals surface area contributed by atoms with Crippen LogP contribution < -0.4 is 0 Å². The van der Waals surface area contributed by atoms with Crippen LogP contribution in [-0.2, 0) is 16.0 Å². The Labute approximate surface area is 129 Å². The van der Waals surface area contributed by atoms with Gasteiger partial charge in [0.1, 0.15) is 17.9 Å². The number of benzene rings is 1. The first-order valence-electron chi connectivity index (χ1n) is 7.39. The lowest BCUT2D eigenvalue weighted by molar-refractivity contribution is -0.139. The van der Waals surface area contributed by atoms with Gasteiger partial charge in [-0.25, -0.2) is 4.68 Å². The maximum absolute atomic E-state index is 10.4. The molecule has 1 saturated heterocycles. The van der Waals surface area contributed by atoms with Gasteiger partial charge in [-0.1, -0.05) is 35.0 Å². The van der Waals surface area contributed by atoms with E-state index in [4.69, 9.17) is 9.47 Å². The molecular weight excluding hydrogens is 282 g/mol. The van der Waals surface area contributed by atoms with Crippen molar-refractivity contribution in [2.45, 2.75) is 45.3 Å². The summed E-state index contributed by atoms with van der Waals surface area (Å²) in [6, 6.07) is 7.73. The molecule has 6 heteroatoms.